The van der Waals surface area contributed by atoms with Gasteiger partial charge in [-0.25, -0.2) is 0 Å². The van der Waals surface area contributed by atoms with Crippen LogP contribution in [0.3, 0.4) is 0 Å². The third-order valence-electron chi connectivity index (χ3n) is 23.2. The molecule has 4 saturated carbocycles. The van der Waals surface area contributed by atoms with E-state index in [1.165, 1.54) is 13.8 Å². The quantitative estimate of drug-likeness (QED) is 0.0528. The molecule has 0 bridgehead atoms. The van der Waals surface area contributed by atoms with E-state index in [-0.39, 0.29) is 55.3 Å². The minimum Gasteiger partial charge on any atom is -0.432 e. The first-order valence-corrected chi connectivity index (χ1v) is 30.2. The lowest BCUT2D eigenvalue weighted by Gasteiger charge is -2.72. The van der Waals surface area contributed by atoms with Crippen LogP contribution in [0.5, 0.6) is 0 Å². The first kappa shape index (κ1) is 65.2. The zero-order chi connectivity index (χ0) is 61.3. The van der Waals surface area contributed by atoms with Crippen LogP contribution in [0.1, 0.15) is 113 Å². The highest BCUT2D eigenvalue weighted by Gasteiger charge is 2.72. The lowest BCUT2D eigenvalue weighted by Crippen LogP contribution is -2.68. The van der Waals surface area contributed by atoms with E-state index in [1.54, 1.807) is 6.92 Å². The Bertz CT molecular complexity index is 2350. The van der Waals surface area contributed by atoms with Crippen molar-refractivity contribution in [2.75, 3.05) is 26.4 Å². The highest BCUT2D eigenvalue weighted by molar-refractivity contribution is 5.79. The minimum absolute atomic E-state index is 0.0692. The van der Waals surface area contributed by atoms with Crippen LogP contribution in [0.25, 0.3) is 0 Å². The van der Waals surface area contributed by atoms with Crippen LogP contribution in [0, 0.1) is 50.7 Å². The second-order valence-corrected chi connectivity index (χ2v) is 27.7. The Labute approximate surface area is 488 Å². The van der Waals surface area contributed by atoms with Gasteiger partial charge in [-0.2, -0.15) is 0 Å². The SMILES string of the molecule is C[C@@H]1O[C@@H](O[C@@H]2[C@@H](O)[C@H](C)O[C@@H](OC[C@H]3O[C@@H](OC(=O)[C@]45CC[C@](C)(O)[C@H](C)[C@@H]4C4=CC[C@@H]6[C@@]7(C)CC[C@H](O[C@@H]8OC[C@H](O)[C@H](O[C@@H]9OC[C@@H](O)[C@H](O)[C@H]9O)[C@H]8O)[C@@](C)(CO)[C@@H]7CC[C@@]6(C)[C@]4(C)CC5)[C@H](O)[C@@H](O)[C@@H]3O)[C@@H]2O)[C@H](O)[C@H](O)[C@H]1O. The van der Waals surface area contributed by atoms with Crippen molar-refractivity contribution in [1.29, 1.82) is 0 Å². The van der Waals surface area contributed by atoms with Gasteiger partial charge >= 0.3 is 5.97 Å². The van der Waals surface area contributed by atoms with E-state index in [0.717, 1.165) is 12.0 Å². The maximum absolute atomic E-state index is 15.3. The third-order valence-corrected chi connectivity index (χ3v) is 23.2. The van der Waals surface area contributed by atoms with Crippen LogP contribution in [-0.2, 0) is 52.2 Å². The Kier molecular flexibility index (Phi) is 18.5. The molecule has 9 fully saturated rings. The van der Waals surface area contributed by atoms with Crippen molar-refractivity contribution in [3.8, 4) is 0 Å². The first-order valence-electron chi connectivity index (χ1n) is 30.2. The van der Waals surface area contributed by atoms with E-state index < -0.39 is 194 Å². The van der Waals surface area contributed by atoms with E-state index >= 15 is 4.79 Å². The van der Waals surface area contributed by atoms with Crippen molar-refractivity contribution in [1.82, 2.24) is 0 Å². The van der Waals surface area contributed by atoms with Gasteiger partial charge in [0.2, 0.25) is 6.29 Å². The molecular weight excluding hydrogens is 1110 g/mol. The molecule has 0 unspecified atom stereocenters. The monoisotopic (exact) mass is 1210 g/mol. The second-order valence-electron chi connectivity index (χ2n) is 27.7. The molecule has 10 aliphatic rings. The Morgan fingerprint density at radius 1 is 0.571 bits per heavy atom. The summed E-state index contributed by atoms with van der Waals surface area (Å²) in [4.78, 5) is 15.3. The lowest BCUT2D eigenvalue weighted by atomic mass is 9.33. The maximum atomic E-state index is 15.3. The molecule has 5 aliphatic heterocycles. The number of esters is 1. The van der Waals surface area contributed by atoms with Gasteiger partial charge in [-0.3, -0.25) is 4.79 Å². The molecular formula is C58H94O26. The van der Waals surface area contributed by atoms with E-state index in [1.807, 2.05) is 13.8 Å². The van der Waals surface area contributed by atoms with Gasteiger partial charge in [0.1, 0.15) is 97.7 Å². The van der Waals surface area contributed by atoms with Crippen molar-refractivity contribution in [3.05, 3.63) is 11.6 Å². The van der Waals surface area contributed by atoms with E-state index in [0.29, 0.717) is 38.5 Å². The molecule has 10 rings (SSSR count). The van der Waals surface area contributed by atoms with Crippen LogP contribution < -0.4 is 0 Å². The first-order chi connectivity index (χ1) is 39.3. The Hall–Kier alpha value is -1.75. The molecule has 0 spiro atoms. The standard InChI is InChI=1S/C58H94O26/c1-23-33-26-9-10-31-53(4)13-12-32(81-49-43(71)45(28(61)20-76-49)82-47-40(68)36(64)27(60)19-75-47)54(5,22-59)30(53)11-14-56(31,7)55(26,6)15-17-58(33,18-16-57(23,8)74)52(73)84-51-42(70)39(67)37(65)29(80-51)21-77-48-44(72)46(35(63)25(3)78-48)83-50-41(69)38(66)34(62)24(2)79-50/h9,23-25,27-51,59-72,74H,10-22H2,1-8H3/t23-,24+,25+,27-,28+,29-,30-,31-,32+,33-,34+,35+,36+,37-,38-,39+,40-,41-,42-,43-,44-,45+,46-,47+,48-,49+,50+,51+,53+,54+,55-,56-,57+,58-/m1/s1. The fourth-order valence-electron chi connectivity index (χ4n) is 17.4. The summed E-state index contributed by atoms with van der Waals surface area (Å²) in [5.41, 5.74) is -3.49. The second kappa shape index (κ2) is 23.8. The molecule has 5 aliphatic carbocycles. The summed E-state index contributed by atoms with van der Waals surface area (Å²) in [6, 6.07) is 0. The molecule has 0 aromatic rings. The van der Waals surface area contributed by atoms with Crippen LogP contribution >= 0.6 is 0 Å². The highest BCUT2D eigenvalue weighted by Crippen LogP contribution is 2.76. The van der Waals surface area contributed by atoms with Crippen molar-refractivity contribution < 1.29 is 129 Å². The number of hydrogen-bond donors (Lipinski definition) is 15. The van der Waals surface area contributed by atoms with Gasteiger partial charge in [0.25, 0.3) is 0 Å². The number of aliphatic hydroxyl groups is 15. The van der Waals surface area contributed by atoms with Gasteiger partial charge in [-0.15, -0.1) is 0 Å². The predicted molar refractivity (Wildman–Crippen MR) is 283 cm³/mol. The molecule has 26 heteroatoms. The normalized spacial score (nSPS) is 56.9. The number of ether oxygens (including phenoxy) is 10. The predicted octanol–water partition coefficient (Wildman–Crippen LogP) is -2.93. The van der Waals surface area contributed by atoms with E-state index in [9.17, 15) is 76.6 Å². The summed E-state index contributed by atoms with van der Waals surface area (Å²) >= 11 is 0. The molecule has 482 valence electrons. The summed E-state index contributed by atoms with van der Waals surface area (Å²) in [7, 11) is 0. The minimum atomic E-state index is -1.92. The van der Waals surface area contributed by atoms with Crippen molar-refractivity contribution in [2.24, 2.45) is 50.7 Å². The fraction of sp³-hybridized carbons (Fsp3) is 0.948. The van der Waals surface area contributed by atoms with Crippen LogP contribution in [0.4, 0.5) is 0 Å². The number of hydrogen-bond acceptors (Lipinski definition) is 26. The summed E-state index contributed by atoms with van der Waals surface area (Å²) in [5.74, 6) is -1.75. The molecule has 15 N–H and O–H groups in total. The van der Waals surface area contributed by atoms with Gasteiger partial charge in [-0.05, 0) is 113 Å². The van der Waals surface area contributed by atoms with Gasteiger partial charge in [0.05, 0.1) is 55.8 Å². The van der Waals surface area contributed by atoms with Crippen molar-refractivity contribution in [3.63, 3.8) is 0 Å². The summed E-state index contributed by atoms with van der Waals surface area (Å²) in [6.45, 7) is 14.0. The van der Waals surface area contributed by atoms with Crippen molar-refractivity contribution >= 4 is 5.97 Å². The van der Waals surface area contributed by atoms with Gasteiger partial charge in [0, 0.05) is 11.3 Å². The van der Waals surface area contributed by atoms with Gasteiger partial charge in [0.15, 0.2) is 25.2 Å². The highest BCUT2D eigenvalue weighted by atomic mass is 16.8. The van der Waals surface area contributed by atoms with Crippen LogP contribution in [-0.4, -0.2) is 262 Å². The number of allylic oxidation sites excluding steroid dienone is 2. The number of carbonyl (C=O) groups is 1. The number of aliphatic hydroxyl groups excluding tert-OH is 14. The molecule has 34 atom stereocenters. The maximum Gasteiger partial charge on any atom is 0.315 e. The lowest BCUT2D eigenvalue weighted by molar-refractivity contribution is -0.359. The number of fused-ring (bicyclic) bond motifs is 7. The Morgan fingerprint density at radius 3 is 1.85 bits per heavy atom. The fourth-order valence-corrected chi connectivity index (χ4v) is 17.4. The Balaban J connectivity index is 0.841. The average molecular weight is 1210 g/mol. The molecule has 5 saturated heterocycles. The summed E-state index contributed by atoms with van der Waals surface area (Å²) < 4.78 is 58.9. The van der Waals surface area contributed by atoms with Gasteiger partial charge < -0.3 is 124 Å². The smallest absolute Gasteiger partial charge is 0.315 e. The van der Waals surface area contributed by atoms with Gasteiger partial charge in [-0.1, -0.05) is 46.3 Å². The average Bonchev–Trinajstić information content (AvgIpc) is 0.682. The summed E-state index contributed by atoms with van der Waals surface area (Å²) in [6.07, 6.45) is -29.4. The molecule has 0 aromatic heterocycles. The zero-order valence-electron chi connectivity index (χ0n) is 49.1. The zero-order valence-corrected chi connectivity index (χ0v) is 49.1. The molecule has 0 aromatic carbocycles. The molecule has 0 radical (unpaired) electrons. The van der Waals surface area contributed by atoms with Crippen LogP contribution in [0.2, 0.25) is 0 Å². The molecule has 0 amide bonds. The largest absolute Gasteiger partial charge is 0.432 e. The number of rotatable bonds is 12. The third kappa shape index (κ3) is 10.6. The molecule has 84 heavy (non-hydrogen) atoms. The topological polar surface area (TPSA) is 413 Å². The molecule has 26 nitrogen and oxygen atoms in total. The summed E-state index contributed by atoms with van der Waals surface area (Å²) in [5, 5.41) is 164. The molecule has 5 heterocycles. The van der Waals surface area contributed by atoms with Crippen LogP contribution in [0.15, 0.2) is 11.6 Å². The Morgan fingerprint density at radius 2 is 1.15 bits per heavy atom. The van der Waals surface area contributed by atoms with Crippen molar-refractivity contribution in [2.45, 2.75) is 266 Å². The number of carbonyl (C=O) groups excluding carboxylic acids is 1. The van der Waals surface area contributed by atoms with E-state index in [2.05, 4.69) is 26.8 Å². The van der Waals surface area contributed by atoms with E-state index in [4.69, 9.17) is 47.4 Å².